The zero-order valence-electron chi connectivity index (χ0n) is 22.0. The Balaban J connectivity index is 1.47. The molecule has 208 valence electrons. The van der Waals surface area contributed by atoms with Crippen molar-refractivity contribution >= 4 is 56.0 Å². The van der Waals surface area contributed by atoms with E-state index in [1.807, 2.05) is 31.5 Å². The van der Waals surface area contributed by atoms with E-state index in [-0.39, 0.29) is 21.1 Å². The molecule has 0 atom stereocenters. The molecule has 0 aliphatic rings. The number of alkyl halides is 2. The van der Waals surface area contributed by atoms with E-state index in [9.17, 15) is 18.4 Å². The lowest BCUT2D eigenvalue weighted by atomic mass is 10.1. The number of fused-ring (bicyclic) bond motifs is 2. The molecule has 0 saturated carbocycles. The quantitative estimate of drug-likeness (QED) is 0.239. The largest absolute Gasteiger partial charge is 0.365 e. The molecule has 0 bridgehead atoms. The minimum absolute atomic E-state index is 0.00743. The van der Waals surface area contributed by atoms with Crippen LogP contribution in [0.25, 0.3) is 37.6 Å². The second-order valence-corrected chi connectivity index (χ2v) is 11.5. The van der Waals surface area contributed by atoms with Gasteiger partial charge in [0.1, 0.15) is 15.4 Å². The van der Waals surface area contributed by atoms with Crippen molar-refractivity contribution in [3.05, 3.63) is 69.6 Å². The van der Waals surface area contributed by atoms with Crippen molar-refractivity contribution in [2.75, 3.05) is 5.32 Å². The Morgan fingerprint density at radius 3 is 2.59 bits per heavy atom. The Morgan fingerprint density at radius 2 is 1.93 bits per heavy atom. The molecule has 6 aromatic rings. The normalized spacial score (nSPS) is 11.7. The summed E-state index contributed by atoms with van der Waals surface area (Å²) < 4.78 is 30.9. The van der Waals surface area contributed by atoms with Crippen molar-refractivity contribution in [1.82, 2.24) is 29.4 Å². The lowest BCUT2D eigenvalue weighted by Gasteiger charge is -2.09. The number of pyridine rings is 1. The van der Waals surface area contributed by atoms with Crippen LogP contribution < -0.4 is 11.1 Å². The van der Waals surface area contributed by atoms with Crippen molar-refractivity contribution in [2.24, 2.45) is 5.73 Å². The molecule has 0 radical (unpaired) electrons. The van der Waals surface area contributed by atoms with Crippen LogP contribution in [0.3, 0.4) is 0 Å². The van der Waals surface area contributed by atoms with E-state index < -0.39 is 23.9 Å². The van der Waals surface area contributed by atoms with Crippen molar-refractivity contribution in [3.8, 4) is 21.7 Å². The number of halogens is 2. The highest BCUT2D eigenvalue weighted by atomic mass is 32.1. The molecule has 0 aliphatic carbocycles. The molecule has 0 aromatic carbocycles. The maximum atomic E-state index is 13.8. The van der Waals surface area contributed by atoms with E-state index in [2.05, 4.69) is 25.5 Å². The molecule has 0 aliphatic heterocycles. The highest BCUT2D eigenvalue weighted by molar-refractivity contribution is 7.21. The number of nitrogens with two attached hydrogens (primary N) is 1. The van der Waals surface area contributed by atoms with Gasteiger partial charge in [-0.05, 0) is 45.0 Å². The second-order valence-electron chi connectivity index (χ2n) is 9.20. The van der Waals surface area contributed by atoms with Crippen LogP contribution in [0.5, 0.6) is 0 Å². The van der Waals surface area contributed by atoms with Gasteiger partial charge < -0.3 is 11.1 Å². The van der Waals surface area contributed by atoms with Crippen molar-refractivity contribution in [2.45, 2.75) is 33.7 Å². The molecule has 0 unspecified atom stereocenters. The molecule has 6 aromatic heterocycles. The highest BCUT2D eigenvalue weighted by Gasteiger charge is 2.26. The summed E-state index contributed by atoms with van der Waals surface area (Å²) in [6.07, 6.45) is 0.528. The summed E-state index contributed by atoms with van der Waals surface area (Å²) in [6.45, 7) is 6.53. The van der Waals surface area contributed by atoms with Gasteiger partial charge in [-0.1, -0.05) is 0 Å². The predicted molar refractivity (Wildman–Crippen MR) is 154 cm³/mol. The van der Waals surface area contributed by atoms with E-state index in [4.69, 9.17) is 5.73 Å². The van der Waals surface area contributed by atoms with Crippen LogP contribution >= 0.6 is 22.7 Å². The molecular formula is C27H22F2N8O2S2. The van der Waals surface area contributed by atoms with Crippen LogP contribution in [-0.4, -0.2) is 41.2 Å². The molecule has 41 heavy (non-hydrogen) atoms. The Kier molecular flexibility index (Phi) is 6.58. The number of amides is 2. The number of hydrogen-bond acceptors (Lipinski definition) is 8. The van der Waals surface area contributed by atoms with Crippen LogP contribution in [-0.2, 0) is 6.54 Å². The van der Waals surface area contributed by atoms with Gasteiger partial charge in [-0.15, -0.1) is 22.7 Å². The molecule has 10 nitrogen and oxygen atoms in total. The Bertz CT molecular complexity index is 1990. The number of hydrogen-bond donors (Lipinski definition) is 2. The third kappa shape index (κ3) is 4.54. The number of aromatic nitrogens is 6. The Morgan fingerprint density at radius 1 is 1.12 bits per heavy atom. The van der Waals surface area contributed by atoms with Gasteiger partial charge in [-0.2, -0.15) is 10.2 Å². The summed E-state index contributed by atoms with van der Waals surface area (Å²) in [5.74, 6) is -1.45. The highest BCUT2D eigenvalue weighted by Crippen LogP contribution is 2.44. The molecule has 0 saturated heterocycles. The first kappa shape index (κ1) is 26.7. The lowest BCUT2D eigenvalue weighted by molar-refractivity contribution is 0.100. The van der Waals surface area contributed by atoms with Gasteiger partial charge >= 0.3 is 0 Å². The molecule has 6 heterocycles. The fourth-order valence-electron chi connectivity index (χ4n) is 4.70. The molecule has 14 heteroatoms. The number of anilines is 1. The molecule has 0 fully saturated rings. The smallest absolute Gasteiger partial charge is 0.280 e. The van der Waals surface area contributed by atoms with Gasteiger partial charge in [0.2, 0.25) is 0 Å². The first-order valence-corrected chi connectivity index (χ1v) is 14.1. The van der Waals surface area contributed by atoms with E-state index in [1.54, 1.807) is 29.0 Å². The average Bonchev–Trinajstić information content (AvgIpc) is 3.73. The summed E-state index contributed by atoms with van der Waals surface area (Å²) in [5, 5.41) is 12.0. The first-order chi connectivity index (χ1) is 19.7. The standard InChI is InChI=1S/C27H22F2N8O2S2/c1-4-36-13(3)15(11-32-36)18-7-8-31-20-10-17(35-37(18)20)26(39)34-22-21-14(19-6-5-12(2)40-19)9-16(24(28)29)33-27(21)41-23(22)25(30)38/h5-11,24H,4H2,1-3H3,(H2,30,38)(H,34,39). The lowest BCUT2D eigenvalue weighted by Crippen LogP contribution is -2.17. The van der Waals surface area contributed by atoms with Gasteiger partial charge in [-0.3, -0.25) is 14.3 Å². The third-order valence-electron chi connectivity index (χ3n) is 6.64. The van der Waals surface area contributed by atoms with E-state index in [0.29, 0.717) is 33.7 Å². The second kappa shape index (κ2) is 10.1. The molecular weight excluding hydrogens is 570 g/mol. The monoisotopic (exact) mass is 592 g/mol. The summed E-state index contributed by atoms with van der Waals surface area (Å²) in [5.41, 5.74) is 8.69. The van der Waals surface area contributed by atoms with Crippen LogP contribution in [0.2, 0.25) is 0 Å². The Labute approximate surface area is 239 Å². The van der Waals surface area contributed by atoms with Gasteiger partial charge in [0.25, 0.3) is 18.2 Å². The number of carbonyl (C=O) groups is 2. The topological polar surface area (TPSA) is 133 Å². The number of nitrogens with one attached hydrogen (secondary N) is 1. The maximum Gasteiger partial charge on any atom is 0.280 e. The molecule has 2 amide bonds. The SMILES string of the molecule is CCn1ncc(-c2ccnc3cc(C(=O)Nc4c(C(N)=O)sc5nc(C(F)F)cc(-c6ccc(C)s6)c45)nn23)c1C. The zero-order chi connectivity index (χ0) is 29.0. The fraction of sp³-hybridized carbons (Fsp3) is 0.185. The number of rotatable bonds is 7. The first-order valence-electron chi connectivity index (χ1n) is 12.5. The van der Waals surface area contributed by atoms with Crippen molar-refractivity contribution < 1.29 is 18.4 Å². The van der Waals surface area contributed by atoms with Gasteiger partial charge in [-0.25, -0.2) is 23.3 Å². The van der Waals surface area contributed by atoms with Gasteiger partial charge in [0, 0.05) is 50.8 Å². The number of nitrogens with zero attached hydrogens (tertiary/aromatic N) is 6. The summed E-state index contributed by atoms with van der Waals surface area (Å²) in [4.78, 5) is 36.3. The van der Waals surface area contributed by atoms with Crippen molar-refractivity contribution in [3.63, 3.8) is 0 Å². The third-order valence-corrected chi connectivity index (χ3v) is 8.78. The van der Waals surface area contributed by atoms with Crippen LogP contribution in [0.15, 0.2) is 42.7 Å². The predicted octanol–water partition coefficient (Wildman–Crippen LogP) is 5.86. The molecule has 0 spiro atoms. The maximum absolute atomic E-state index is 13.8. The van der Waals surface area contributed by atoms with Crippen molar-refractivity contribution in [1.29, 1.82) is 0 Å². The van der Waals surface area contributed by atoms with Gasteiger partial charge in [0.05, 0.1) is 17.6 Å². The minimum atomic E-state index is -2.83. The minimum Gasteiger partial charge on any atom is -0.365 e. The molecule has 6 rings (SSSR count). The fourth-order valence-corrected chi connectivity index (χ4v) is 6.60. The number of aryl methyl sites for hydroxylation is 2. The summed E-state index contributed by atoms with van der Waals surface area (Å²) in [7, 11) is 0. The molecule has 3 N–H and O–H groups in total. The number of thiophene rings is 2. The average molecular weight is 593 g/mol. The summed E-state index contributed by atoms with van der Waals surface area (Å²) in [6, 6.07) is 8.25. The number of carbonyl (C=O) groups excluding carboxylic acids is 2. The zero-order valence-corrected chi connectivity index (χ0v) is 23.6. The van der Waals surface area contributed by atoms with Crippen LogP contribution in [0.4, 0.5) is 14.5 Å². The van der Waals surface area contributed by atoms with E-state index >= 15 is 0 Å². The van der Waals surface area contributed by atoms with Crippen LogP contribution in [0, 0.1) is 13.8 Å². The Hall–Kier alpha value is -4.56. The number of primary amides is 1. The van der Waals surface area contributed by atoms with E-state index in [0.717, 1.165) is 27.5 Å². The van der Waals surface area contributed by atoms with E-state index in [1.165, 1.54) is 23.5 Å². The summed E-state index contributed by atoms with van der Waals surface area (Å²) >= 11 is 2.25. The van der Waals surface area contributed by atoms with Crippen LogP contribution in [0.1, 0.15) is 49.8 Å². The van der Waals surface area contributed by atoms with Gasteiger partial charge in [0.15, 0.2) is 11.3 Å².